The number of aliphatic carboxylic acids is 1. The number of hydrogen-bond acceptors (Lipinski definition) is 4. The molecule has 1 aromatic heterocycles. The predicted molar refractivity (Wildman–Crippen MR) is 50.1 cm³/mol. The molecule has 4 N–H and O–H groups in total. The zero-order valence-corrected chi connectivity index (χ0v) is 8.15. The van der Waals surface area contributed by atoms with Crippen LogP contribution in [-0.4, -0.2) is 21.2 Å². The van der Waals surface area contributed by atoms with Crippen LogP contribution in [-0.2, 0) is 17.8 Å². The Balaban J connectivity index is 3.24. The van der Waals surface area contributed by atoms with Crippen LogP contribution >= 0.6 is 0 Å². The first kappa shape index (κ1) is 12.3. The van der Waals surface area contributed by atoms with Gasteiger partial charge in [-0.3, -0.25) is 4.79 Å². The van der Waals surface area contributed by atoms with Crippen molar-refractivity contribution in [1.82, 2.24) is 4.98 Å². The van der Waals surface area contributed by atoms with Gasteiger partial charge in [0.1, 0.15) is 11.4 Å². The zero-order chi connectivity index (χ0) is 12.3. The Morgan fingerprint density at radius 3 is 2.62 bits per heavy atom. The van der Waals surface area contributed by atoms with Crippen LogP contribution in [0.25, 0.3) is 0 Å². The molecule has 88 valence electrons. The number of aromatic nitrogens is 1. The highest BCUT2D eigenvalue weighted by Crippen LogP contribution is 2.26. The van der Waals surface area contributed by atoms with Gasteiger partial charge in [-0.05, 0) is 11.6 Å². The van der Waals surface area contributed by atoms with Crippen molar-refractivity contribution in [2.45, 2.75) is 19.4 Å². The number of hydrogen-bond donors (Lipinski definition) is 3. The number of carboxylic acid groups (broad SMARTS) is 1. The van der Waals surface area contributed by atoms with Crippen molar-refractivity contribution in [2.24, 2.45) is 5.73 Å². The first-order valence-electron chi connectivity index (χ1n) is 4.37. The number of aromatic hydroxyl groups is 1. The van der Waals surface area contributed by atoms with Crippen molar-refractivity contribution in [3.05, 3.63) is 23.0 Å². The van der Waals surface area contributed by atoms with Crippen molar-refractivity contribution in [3.8, 4) is 5.75 Å². The van der Waals surface area contributed by atoms with Crippen molar-refractivity contribution < 1.29 is 23.8 Å². The largest absolute Gasteiger partial charge is 0.506 e. The van der Waals surface area contributed by atoms with E-state index < -0.39 is 24.5 Å². The van der Waals surface area contributed by atoms with E-state index in [4.69, 9.17) is 10.8 Å². The smallest absolute Gasteiger partial charge is 0.307 e. The van der Waals surface area contributed by atoms with Gasteiger partial charge in [-0.25, -0.2) is 13.8 Å². The van der Waals surface area contributed by atoms with E-state index in [-0.39, 0.29) is 23.6 Å². The maximum atomic E-state index is 12.5. The molecular formula is C9H10F2N2O3. The number of halogens is 2. The van der Waals surface area contributed by atoms with Gasteiger partial charge in [0.2, 0.25) is 0 Å². The van der Waals surface area contributed by atoms with E-state index in [0.29, 0.717) is 0 Å². The minimum Gasteiger partial charge on any atom is -0.506 e. The van der Waals surface area contributed by atoms with Crippen molar-refractivity contribution in [2.75, 3.05) is 0 Å². The third kappa shape index (κ3) is 2.63. The summed E-state index contributed by atoms with van der Waals surface area (Å²) in [4.78, 5) is 13.9. The predicted octanol–water partition coefficient (Wildman–Crippen LogP) is 0.811. The molecule has 0 saturated heterocycles. The van der Waals surface area contributed by atoms with E-state index in [9.17, 15) is 18.7 Å². The van der Waals surface area contributed by atoms with Gasteiger partial charge in [0.15, 0.2) is 0 Å². The van der Waals surface area contributed by atoms with Crippen molar-refractivity contribution >= 4 is 5.97 Å². The molecule has 0 bridgehead atoms. The summed E-state index contributed by atoms with van der Waals surface area (Å²) >= 11 is 0. The molecule has 0 fully saturated rings. The SMILES string of the molecule is NCc1nc(C(F)F)c(CC(=O)O)cc1O. The number of nitrogens with two attached hydrogens (primary N) is 1. The normalized spacial score (nSPS) is 10.8. The standard InChI is InChI=1S/C9H10F2N2O3/c10-9(11)8-4(2-7(15)16)1-6(14)5(3-12)13-8/h1,9,14H,2-3,12H2,(H,15,16). The van der Waals surface area contributed by atoms with Gasteiger partial charge < -0.3 is 15.9 Å². The monoisotopic (exact) mass is 232 g/mol. The minimum atomic E-state index is -2.90. The molecule has 0 spiro atoms. The Kier molecular flexibility index (Phi) is 3.73. The Morgan fingerprint density at radius 2 is 2.19 bits per heavy atom. The Morgan fingerprint density at radius 1 is 1.56 bits per heavy atom. The van der Waals surface area contributed by atoms with Gasteiger partial charge in [-0.1, -0.05) is 0 Å². The molecule has 1 heterocycles. The highest BCUT2D eigenvalue weighted by atomic mass is 19.3. The average Bonchev–Trinajstić information content (AvgIpc) is 2.16. The fourth-order valence-electron chi connectivity index (χ4n) is 1.24. The van der Waals surface area contributed by atoms with E-state index in [1.165, 1.54) is 0 Å². The third-order valence-electron chi connectivity index (χ3n) is 1.93. The third-order valence-corrected chi connectivity index (χ3v) is 1.93. The number of alkyl halides is 2. The summed E-state index contributed by atoms with van der Waals surface area (Å²) in [5.41, 5.74) is 4.24. The van der Waals surface area contributed by atoms with Crippen molar-refractivity contribution in [3.63, 3.8) is 0 Å². The summed E-state index contributed by atoms with van der Waals surface area (Å²) in [6.45, 7) is -0.196. The summed E-state index contributed by atoms with van der Waals surface area (Å²) in [7, 11) is 0. The van der Waals surface area contributed by atoms with Crippen LogP contribution in [0.4, 0.5) is 8.78 Å². The molecule has 16 heavy (non-hydrogen) atoms. The topological polar surface area (TPSA) is 96.4 Å². The summed E-state index contributed by atoms with van der Waals surface area (Å²) in [5, 5.41) is 17.8. The highest BCUT2D eigenvalue weighted by Gasteiger charge is 2.19. The first-order valence-corrected chi connectivity index (χ1v) is 4.37. The molecule has 0 aliphatic rings. The fourth-order valence-corrected chi connectivity index (χ4v) is 1.24. The fraction of sp³-hybridized carbons (Fsp3) is 0.333. The molecule has 0 saturated carbocycles. The van der Waals surface area contributed by atoms with E-state index in [0.717, 1.165) is 6.07 Å². The second-order valence-corrected chi connectivity index (χ2v) is 3.07. The van der Waals surface area contributed by atoms with Crippen LogP contribution < -0.4 is 5.73 Å². The second kappa shape index (κ2) is 4.84. The van der Waals surface area contributed by atoms with Gasteiger partial charge in [-0.2, -0.15) is 0 Å². The Bertz CT molecular complexity index is 410. The molecule has 0 radical (unpaired) electrons. The van der Waals surface area contributed by atoms with Crippen LogP contribution in [0.3, 0.4) is 0 Å². The lowest BCUT2D eigenvalue weighted by Gasteiger charge is -2.09. The molecule has 1 rings (SSSR count). The molecule has 0 aromatic carbocycles. The van der Waals surface area contributed by atoms with Crippen LogP contribution in [0.2, 0.25) is 0 Å². The lowest BCUT2D eigenvalue weighted by atomic mass is 10.1. The Labute approximate surface area is 89.5 Å². The molecule has 7 heteroatoms. The first-order chi connectivity index (χ1) is 7.45. The van der Waals surface area contributed by atoms with Gasteiger partial charge in [0.05, 0.1) is 12.1 Å². The molecular weight excluding hydrogens is 222 g/mol. The van der Waals surface area contributed by atoms with Crippen LogP contribution in [0.5, 0.6) is 5.75 Å². The summed E-state index contributed by atoms with van der Waals surface area (Å²) in [6, 6.07) is 0.963. The van der Waals surface area contributed by atoms with E-state index in [1.807, 2.05) is 0 Å². The number of carbonyl (C=O) groups is 1. The summed E-state index contributed by atoms with van der Waals surface area (Å²) < 4.78 is 25.1. The zero-order valence-electron chi connectivity index (χ0n) is 8.15. The van der Waals surface area contributed by atoms with Crippen LogP contribution in [0.15, 0.2) is 6.07 Å². The van der Waals surface area contributed by atoms with Gasteiger partial charge in [-0.15, -0.1) is 0 Å². The van der Waals surface area contributed by atoms with Gasteiger partial charge in [0.25, 0.3) is 6.43 Å². The van der Waals surface area contributed by atoms with Gasteiger partial charge >= 0.3 is 5.97 Å². The summed E-state index contributed by atoms with van der Waals surface area (Å²) in [5.74, 6) is -1.65. The van der Waals surface area contributed by atoms with Crippen LogP contribution in [0.1, 0.15) is 23.4 Å². The molecule has 0 aliphatic heterocycles. The number of carboxylic acids is 1. The Hall–Kier alpha value is -1.76. The molecule has 5 nitrogen and oxygen atoms in total. The van der Waals surface area contributed by atoms with Gasteiger partial charge in [0, 0.05) is 6.54 Å². The lowest BCUT2D eigenvalue weighted by molar-refractivity contribution is -0.136. The highest BCUT2D eigenvalue weighted by molar-refractivity contribution is 5.70. The second-order valence-electron chi connectivity index (χ2n) is 3.07. The van der Waals surface area contributed by atoms with E-state index in [2.05, 4.69) is 4.98 Å². The molecule has 0 aliphatic carbocycles. The van der Waals surface area contributed by atoms with Crippen molar-refractivity contribution in [1.29, 1.82) is 0 Å². The minimum absolute atomic E-state index is 0.0792. The van der Waals surface area contributed by atoms with E-state index >= 15 is 0 Å². The molecule has 1 aromatic rings. The maximum absolute atomic E-state index is 12.5. The molecule has 0 unspecified atom stereocenters. The lowest BCUT2D eigenvalue weighted by Crippen LogP contribution is -2.09. The quantitative estimate of drug-likeness (QED) is 0.713. The molecule has 0 amide bonds. The average molecular weight is 232 g/mol. The number of pyridine rings is 1. The number of nitrogens with zero attached hydrogens (tertiary/aromatic N) is 1. The number of rotatable bonds is 4. The summed E-state index contributed by atoms with van der Waals surface area (Å²) in [6.07, 6.45) is -3.52. The maximum Gasteiger partial charge on any atom is 0.307 e. The van der Waals surface area contributed by atoms with E-state index in [1.54, 1.807) is 0 Å². The van der Waals surface area contributed by atoms with Crippen LogP contribution in [0, 0.1) is 0 Å². The molecule has 0 atom stereocenters.